The number of hydrogen-bond donors (Lipinski definition) is 1. The first-order valence-corrected chi connectivity index (χ1v) is 8.61. The van der Waals surface area contributed by atoms with Crippen molar-refractivity contribution in [2.75, 3.05) is 13.2 Å². The molecule has 4 nitrogen and oxygen atoms in total. The molecule has 2 rings (SSSR count). The van der Waals surface area contributed by atoms with Crippen molar-refractivity contribution in [1.29, 1.82) is 0 Å². The second kappa shape index (κ2) is 8.82. The first-order chi connectivity index (χ1) is 10.2. The van der Waals surface area contributed by atoms with E-state index in [1.165, 1.54) is 32.1 Å². The molecular formula is C16H23NO3S. The van der Waals surface area contributed by atoms with Crippen LogP contribution >= 0.6 is 11.3 Å². The smallest absolute Gasteiger partial charge is 0.306 e. The van der Waals surface area contributed by atoms with E-state index in [0.29, 0.717) is 25.3 Å². The number of carbonyl (C=O) groups excluding carboxylic acids is 2. The van der Waals surface area contributed by atoms with Gasteiger partial charge in [0.1, 0.15) is 0 Å². The van der Waals surface area contributed by atoms with E-state index in [9.17, 15) is 9.59 Å². The second-order valence-corrected chi connectivity index (χ2v) is 6.38. The van der Waals surface area contributed by atoms with Gasteiger partial charge in [-0.15, -0.1) is 0 Å². The van der Waals surface area contributed by atoms with Gasteiger partial charge in [0.15, 0.2) is 6.61 Å². The molecule has 1 aliphatic rings. The third-order valence-electron chi connectivity index (χ3n) is 3.87. The molecule has 1 aromatic rings. The maximum absolute atomic E-state index is 11.6. The van der Waals surface area contributed by atoms with Gasteiger partial charge in [0, 0.05) is 13.0 Å². The summed E-state index contributed by atoms with van der Waals surface area (Å²) < 4.78 is 4.99. The first kappa shape index (κ1) is 16.0. The first-order valence-electron chi connectivity index (χ1n) is 7.67. The largest absolute Gasteiger partial charge is 0.456 e. The summed E-state index contributed by atoms with van der Waals surface area (Å²) in [6, 6.07) is 1.99. The molecule has 1 N–H and O–H groups in total. The van der Waals surface area contributed by atoms with Crippen molar-refractivity contribution in [3.05, 3.63) is 22.4 Å². The van der Waals surface area contributed by atoms with Crippen LogP contribution in [0.15, 0.2) is 16.8 Å². The summed E-state index contributed by atoms with van der Waals surface area (Å²) >= 11 is 1.61. The number of thiophene rings is 1. The molecule has 1 fully saturated rings. The van der Waals surface area contributed by atoms with Crippen LogP contribution in [0, 0.1) is 5.92 Å². The van der Waals surface area contributed by atoms with Gasteiger partial charge in [0.25, 0.3) is 5.91 Å². The molecule has 1 heterocycles. The Morgan fingerprint density at radius 3 is 2.81 bits per heavy atom. The van der Waals surface area contributed by atoms with Crippen LogP contribution in [0.1, 0.15) is 44.1 Å². The maximum atomic E-state index is 11.6. The fourth-order valence-electron chi connectivity index (χ4n) is 2.60. The fourth-order valence-corrected chi connectivity index (χ4v) is 3.30. The third kappa shape index (κ3) is 6.29. The van der Waals surface area contributed by atoms with E-state index < -0.39 is 0 Å². The molecule has 5 heteroatoms. The molecule has 0 bridgehead atoms. The van der Waals surface area contributed by atoms with Gasteiger partial charge in [0.05, 0.1) is 0 Å². The Morgan fingerprint density at radius 1 is 1.29 bits per heavy atom. The number of amides is 1. The Bertz CT molecular complexity index is 438. The van der Waals surface area contributed by atoms with Crippen molar-refractivity contribution in [1.82, 2.24) is 5.32 Å². The van der Waals surface area contributed by atoms with Crippen LogP contribution in [-0.2, 0) is 20.7 Å². The number of ether oxygens (including phenoxy) is 1. The van der Waals surface area contributed by atoms with Crippen molar-refractivity contribution in [3.8, 4) is 0 Å². The van der Waals surface area contributed by atoms with Crippen molar-refractivity contribution in [3.63, 3.8) is 0 Å². The van der Waals surface area contributed by atoms with Gasteiger partial charge in [-0.25, -0.2) is 0 Å². The summed E-state index contributed by atoms with van der Waals surface area (Å²) in [5.74, 6) is 0.0930. The summed E-state index contributed by atoms with van der Waals surface area (Å²) in [6.45, 7) is 0.556. The zero-order chi connectivity index (χ0) is 14.9. The number of carbonyl (C=O) groups is 2. The summed E-state index contributed by atoms with van der Waals surface area (Å²) in [4.78, 5) is 23.2. The van der Waals surface area contributed by atoms with E-state index in [2.05, 4.69) is 5.32 Å². The third-order valence-corrected chi connectivity index (χ3v) is 4.61. The number of hydrogen-bond acceptors (Lipinski definition) is 4. The Balaban J connectivity index is 1.54. The SMILES string of the molecule is O=C(COC(=O)CCc1ccsc1)NCC1CCCCC1. The zero-order valence-corrected chi connectivity index (χ0v) is 13.1. The average Bonchev–Trinajstić information content (AvgIpc) is 3.03. The predicted octanol–water partition coefficient (Wildman–Crippen LogP) is 2.92. The molecule has 0 saturated heterocycles. The molecule has 1 saturated carbocycles. The van der Waals surface area contributed by atoms with Crippen LogP contribution in [0.3, 0.4) is 0 Å². The van der Waals surface area contributed by atoms with Crippen LogP contribution < -0.4 is 5.32 Å². The summed E-state index contributed by atoms with van der Waals surface area (Å²) in [5.41, 5.74) is 1.14. The second-order valence-electron chi connectivity index (χ2n) is 5.60. The zero-order valence-electron chi connectivity index (χ0n) is 12.3. The van der Waals surface area contributed by atoms with Gasteiger partial charge in [-0.05, 0) is 47.6 Å². The van der Waals surface area contributed by atoms with E-state index in [1.807, 2.05) is 16.8 Å². The molecule has 1 aliphatic carbocycles. The van der Waals surface area contributed by atoms with Gasteiger partial charge in [-0.2, -0.15) is 11.3 Å². The van der Waals surface area contributed by atoms with E-state index >= 15 is 0 Å². The Hall–Kier alpha value is -1.36. The molecule has 0 aromatic carbocycles. The lowest BCUT2D eigenvalue weighted by molar-refractivity contribution is -0.148. The van der Waals surface area contributed by atoms with Gasteiger partial charge < -0.3 is 10.1 Å². The van der Waals surface area contributed by atoms with E-state index in [-0.39, 0.29) is 18.5 Å². The summed E-state index contributed by atoms with van der Waals surface area (Å²) in [7, 11) is 0. The summed E-state index contributed by atoms with van der Waals surface area (Å²) in [5, 5.41) is 6.87. The van der Waals surface area contributed by atoms with Crippen molar-refractivity contribution < 1.29 is 14.3 Å². The highest BCUT2D eigenvalue weighted by molar-refractivity contribution is 7.07. The van der Waals surface area contributed by atoms with Crippen LogP contribution in [0.2, 0.25) is 0 Å². The lowest BCUT2D eigenvalue weighted by Gasteiger charge is -2.21. The van der Waals surface area contributed by atoms with Crippen molar-refractivity contribution in [2.24, 2.45) is 5.92 Å². The minimum Gasteiger partial charge on any atom is -0.456 e. The molecule has 0 atom stereocenters. The van der Waals surface area contributed by atoms with Crippen LogP contribution in [0.4, 0.5) is 0 Å². The van der Waals surface area contributed by atoms with E-state index in [4.69, 9.17) is 4.74 Å². The topological polar surface area (TPSA) is 55.4 Å². The number of rotatable bonds is 7. The van der Waals surface area contributed by atoms with Crippen molar-refractivity contribution >= 4 is 23.2 Å². The maximum Gasteiger partial charge on any atom is 0.306 e. The average molecular weight is 309 g/mol. The molecular weight excluding hydrogens is 286 g/mol. The highest BCUT2D eigenvalue weighted by atomic mass is 32.1. The molecule has 1 amide bonds. The Labute approximate surface area is 129 Å². The predicted molar refractivity (Wildman–Crippen MR) is 83.2 cm³/mol. The van der Waals surface area contributed by atoms with Crippen LogP contribution in [0.25, 0.3) is 0 Å². The van der Waals surface area contributed by atoms with Crippen molar-refractivity contribution in [2.45, 2.75) is 44.9 Å². The van der Waals surface area contributed by atoms with Gasteiger partial charge >= 0.3 is 5.97 Å². The van der Waals surface area contributed by atoms with E-state index in [0.717, 1.165) is 5.56 Å². The monoisotopic (exact) mass is 309 g/mol. The highest BCUT2D eigenvalue weighted by Crippen LogP contribution is 2.22. The fraction of sp³-hybridized carbons (Fsp3) is 0.625. The summed E-state index contributed by atoms with van der Waals surface area (Å²) in [6.07, 6.45) is 7.22. The van der Waals surface area contributed by atoms with Crippen LogP contribution in [-0.4, -0.2) is 25.0 Å². The normalized spacial score (nSPS) is 15.6. The van der Waals surface area contributed by atoms with Gasteiger partial charge in [-0.1, -0.05) is 19.3 Å². The number of aryl methyl sites for hydroxylation is 1. The molecule has 0 aliphatic heterocycles. The minimum atomic E-state index is -0.311. The standard InChI is InChI=1S/C16H23NO3S/c18-15(17-10-13-4-2-1-3-5-13)11-20-16(19)7-6-14-8-9-21-12-14/h8-9,12-13H,1-7,10-11H2,(H,17,18). The van der Waals surface area contributed by atoms with Gasteiger partial charge in [0.2, 0.25) is 0 Å². The van der Waals surface area contributed by atoms with Gasteiger partial charge in [-0.3, -0.25) is 9.59 Å². The Kier molecular flexibility index (Phi) is 6.73. The molecule has 116 valence electrons. The minimum absolute atomic E-state index is 0.158. The molecule has 21 heavy (non-hydrogen) atoms. The van der Waals surface area contributed by atoms with Crippen LogP contribution in [0.5, 0.6) is 0 Å². The lowest BCUT2D eigenvalue weighted by atomic mass is 9.89. The molecule has 1 aromatic heterocycles. The number of nitrogens with one attached hydrogen (secondary N) is 1. The molecule has 0 radical (unpaired) electrons. The highest BCUT2D eigenvalue weighted by Gasteiger charge is 2.14. The Morgan fingerprint density at radius 2 is 2.10 bits per heavy atom. The number of esters is 1. The molecule has 0 spiro atoms. The lowest BCUT2D eigenvalue weighted by Crippen LogP contribution is -2.33. The quantitative estimate of drug-likeness (QED) is 0.788. The molecule has 0 unspecified atom stereocenters. The van der Waals surface area contributed by atoms with E-state index in [1.54, 1.807) is 11.3 Å².